The first-order valence-corrected chi connectivity index (χ1v) is 6.44. The van der Waals surface area contributed by atoms with E-state index in [-0.39, 0.29) is 12.6 Å². The van der Waals surface area contributed by atoms with Gasteiger partial charge in [0, 0.05) is 32.8 Å². The van der Waals surface area contributed by atoms with Gasteiger partial charge in [0.05, 0.1) is 20.3 Å². The Bertz CT molecular complexity index is 360. The first-order valence-electron chi connectivity index (χ1n) is 6.44. The zero-order valence-corrected chi connectivity index (χ0v) is 11.7. The van der Waals surface area contributed by atoms with E-state index in [0.717, 1.165) is 17.9 Å². The summed E-state index contributed by atoms with van der Waals surface area (Å²) >= 11 is 0. The summed E-state index contributed by atoms with van der Waals surface area (Å²) in [5, 5.41) is 9.18. The summed E-state index contributed by atoms with van der Waals surface area (Å²) in [5.74, 6) is 0.812. The minimum atomic E-state index is 0.0531. The Kier molecular flexibility index (Phi) is 7.43. The van der Waals surface area contributed by atoms with Crippen molar-refractivity contribution in [1.82, 2.24) is 4.90 Å². The number of hydrogen-bond acceptors (Lipinski definition) is 5. The van der Waals surface area contributed by atoms with Gasteiger partial charge >= 0.3 is 0 Å². The summed E-state index contributed by atoms with van der Waals surface area (Å²) < 4.78 is 10.3. The summed E-state index contributed by atoms with van der Waals surface area (Å²) in [5.41, 5.74) is 6.98. The van der Waals surface area contributed by atoms with E-state index >= 15 is 0 Å². The molecule has 19 heavy (non-hydrogen) atoms. The molecule has 0 aliphatic rings. The van der Waals surface area contributed by atoms with Crippen LogP contribution in [-0.2, 0) is 4.74 Å². The van der Waals surface area contributed by atoms with E-state index < -0.39 is 0 Å². The fraction of sp³-hybridized carbons (Fsp3) is 0.571. The van der Waals surface area contributed by atoms with Gasteiger partial charge in [0.25, 0.3) is 0 Å². The molecule has 0 aliphatic heterocycles. The molecule has 108 valence electrons. The molecule has 0 radical (unpaired) electrons. The number of aliphatic hydroxyl groups is 1. The largest absolute Gasteiger partial charge is 0.497 e. The number of hydrogen-bond donors (Lipinski definition) is 2. The number of nitrogens with two attached hydrogens (primary N) is 1. The zero-order valence-electron chi connectivity index (χ0n) is 11.7. The molecule has 3 N–H and O–H groups in total. The summed E-state index contributed by atoms with van der Waals surface area (Å²) in [6, 6.07) is 7.91. The van der Waals surface area contributed by atoms with Crippen LogP contribution < -0.4 is 10.5 Å². The van der Waals surface area contributed by atoms with E-state index in [1.807, 2.05) is 24.3 Å². The van der Waals surface area contributed by atoms with Gasteiger partial charge in [-0.05, 0) is 17.7 Å². The third-order valence-corrected chi connectivity index (χ3v) is 3.11. The highest BCUT2D eigenvalue weighted by Gasteiger charge is 2.18. The maximum absolute atomic E-state index is 9.18. The molecule has 0 bridgehead atoms. The van der Waals surface area contributed by atoms with E-state index in [2.05, 4.69) is 4.90 Å². The number of methoxy groups -OCH3 is 2. The first-order chi connectivity index (χ1) is 9.26. The van der Waals surface area contributed by atoms with Crippen LogP contribution in [0.4, 0.5) is 0 Å². The highest BCUT2D eigenvalue weighted by atomic mass is 16.5. The van der Waals surface area contributed by atoms with E-state index in [1.54, 1.807) is 14.2 Å². The number of rotatable bonds is 9. The van der Waals surface area contributed by atoms with Crippen LogP contribution in [0.2, 0.25) is 0 Å². The Hall–Kier alpha value is -1.14. The topological polar surface area (TPSA) is 68.0 Å². The van der Waals surface area contributed by atoms with Crippen LogP contribution in [0.3, 0.4) is 0 Å². The maximum atomic E-state index is 9.18. The highest BCUT2D eigenvalue weighted by Crippen LogP contribution is 2.23. The Morgan fingerprint density at radius 3 is 2.68 bits per heavy atom. The average Bonchev–Trinajstić information content (AvgIpc) is 2.45. The van der Waals surface area contributed by atoms with Gasteiger partial charge in [-0.1, -0.05) is 12.1 Å². The van der Waals surface area contributed by atoms with Crippen LogP contribution in [0.5, 0.6) is 5.75 Å². The molecule has 1 aromatic carbocycles. The molecule has 0 spiro atoms. The van der Waals surface area contributed by atoms with Crippen molar-refractivity contribution >= 4 is 0 Å². The molecular formula is C14H24N2O3. The fourth-order valence-corrected chi connectivity index (χ4v) is 2.11. The van der Waals surface area contributed by atoms with E-state index in [0.29, 0.717) is 19.7 Å². The van der Waals surface area contributed by atoms with Crippen molar-refractivity contribution in [3.05, 3.63) is 29.8 Å². The fourth-order valence-electron chi connectivity index (χ4n) is 2.11. The predicted molar refractivity (Wildman–Crippen MR) is 75.3 cm³/mol. The lowest BCUT2D eigenvalue weighted by Crippen LogP contribution is -2.38. The molecule has 0 aliphatic carbocycles. The summed E-state index contributed by atoms with van der Waals surface area (Å²) in [6.45, 7) is 2.50. The summed E-state index contributed by atoms with van der Waals surface area (Å²) in [6.07, 6.45) is 0. The van der Waals surface area contributed by atoms with Crippen molar-refractivity contribution in [3.8, 4) is 5.75 Å². The highest BCUT2D eigenvalue weighted by molar-refractivity contribution is 5.30. The van der Waals surface area contributed by atoms with Crippen molar-refractivity contribution in [1.29, 1.82) is 0 Å². The Balaban J connectivity index is 2.87. The van der Waals surface area contributed by atoms with E-state index in [9.17, 15) is 5.11 Å². The Labute approximate surface area is 114 Å². The van der Waals surface area contributed by atoms with Crippen molar-refractivity contribution in [2.24, 2.45) is 5.73 Å². The molecule has 5 heteroatoms. The van der Waals surface area contributed by atoms with Crippen molar-refractivity contribution in [3.63, 3.8) is 0 Å². The van der Waals surface area contributed by atoms with Gasteiger partial charge < -0.3 is 20.3 Å². The van der Waals surface area contributed by atoms with Crippen LogP contribution in [-0.4, -0.2) is 57.1 Å². The van der Waals surface area contributed by atoms with Crippen molar-refractivity contribution in [2.75, 3.05) is 47.1 Å². The zero-order chi connectivity index (χ0) is 14.1. The van der Waals surface area contributed by atoms with E-state index in [1.165, 1.54) is 0 Å². The summed E-state index contributed by atoms with van der Waals surface area (Å²) in [4.78, 5) is 2.12. The summed E-state index contributed by atoms with van der Waals surface area (Å²) in [7, 11) is 3.31. The molecule has 0 fully saturated rings. The standard InChI is InChI=1S/C14H24N2O3/c1-18-9-7-16(6-8-17)14(11-15)12-4-3-5-13(10-12)19-2/h3-5,10,14,17H,6-9,11,15H2,1-2H3. The maximum Gasteiger partial charge on any atom is 0.119 e. The normalized spacial score (nSPS) is 12.7. The monoisotopic (exact) mass is 268 g/mol. The van der Waals surface area contributed by atoms with Gasteiger partial charge in [0.1, 0.15) is 5.75 Å². The molecule has 0 saturated carbocycles. The second-order valence-electron chi connectivity index (χ2n) is 4.28. The minimum absolute atomic E-state index is 0.0531. The van der Waals surface area contributed by atoms with Crippen LogP contribution in [0.1, 0.15) is 11.6 Å². The van der Waals surface area contributed by atoms with Gasteiger partial charge in [0.15, 0.2) is 0 Å². The molecule has 1 atom stereocenters. The second kappa shape index (κ2) is 8.87. The molecule has 0 heterocycles. The van der Waals surface area contributed by atoms with Crippen molar-refractivity contribution < 1.29 is 14.6 Å². The quantitative estimate of drug-likeness (QED) is 0.688. The molecular weight excluding hydrogens is 244 g/mol. The van der Waals surface area contributed by atoms with E-state index in [4.69, 9.17) is 15.2 Å². The molecule has 0 aromatic heterocycles. The molecule has 1 aromatic rings. The Morgan fingerprint density at radius 1 is 1.32 bits per heavy atom. The first kappa shape index (κ1) is 15.9. The smallest absolute Gasteiger partial charge is 0.119 e. The van der Waals surface area contributed by atoms with Gasteiger partial charge in [-0.2, -0.15) is 0 Å². The lowest BCUT2D eigenvalue weighted by molar-refractivity contribution is 0.103. The number of nitrogens with zero attached hydrogens (tertiary/aromatic N) is 1. The molecule has 1 unspecified atom stereocenters. The average molecular weight is 268 g/mol. The molecule has 0 amide bonds. The van der Waals surface area contributed by atoms with Crippen molar-refractivity contribution in [2.45, 2.75) is 6.04 Å². The predicted octanol–water partition coefficient (Wildman–Crippen LogP) is 0.636. The molecule has 5 nitrogen and oxygen atoms in total. The molecule has 1 rings (SSSR count). The van der Waals surface area contributed by atoms with Gasteiger partial charge in [-0.15, -0.1) is 0 Å². The number of aliphatic hydroxyl groups excluding tert-OH is 1. The lowest BCUT2D eigenvalue weighted by atomic mass is 10.0. The number of ether oxygens (including phenoxy) is 2. The van der Waals surface area contributed by atoms with Gasteiger partial charge in [0.2, 0.25) is 0 Å². The van der Waals surface area contributed by atoms with Crippen LogP contribution >= 0.6 is 0 Å². The van der Waals surface area contributed by atoms with Crippen LogP contribution in [0.25, 0.3) is 0 Å². The third kappa shape index (κ3) is 4.80. The molecule has 0 saturated heterocycles. The Morgan fingerprint density at radius 2 is 2.11 bits per heavy atom. The van der Waals surface area contributed by atoms with Gasteiger partial charge in [-0.3, -0.25) is 4.90 Å². The van der Waals surface area contributed by atoms with Crippen LogP contribution in [0, 0.1) is 0 Å². The third-order valence-electron chi connectivity index (χ3n) is 3.11. The minimum Gasteiger partial charge on any atom is -0.497 e. The van der Waals surface area contributed by atoms with Crippen LogP contribution in [0.15, 0.2) is 24.3 Å². The lowest BCUT2D eigenvalue weighted by Gasteiger charge is -2.30. The van der Waals surface area contributed by atoms with Gasteiger partial charge in [-0.25, -0.2) is 0 Å². The second-order valence-corrected chi connectivity index (χ2v) is 4.28. The number of benzene rings is 1. The SMILES string of the molecule is COCCN(CCO)C(CN)c1cccc(OC)c1.